The first kappa shape index (κ1) is 23.4. The van der Waals surface area contributed by atoms with Gasteiger partial charge in [-0.1, -0.05) is 55.0 Å². The van der Waals surface area contributed by atoms with E-state index in [4.69, 9.17) is 4.74 Å². The van der Waals surface area contributed by atoms with Crippen LogP contribution < -0.4 is 5.32 Å². The van der Waals surface area contributed by atoms with E-state index < -0.39 is 17.6 Å². The monoisotopic (exact) mass is 476 g/mol. The molecule has 2 aromatic carbocycles. The molecule has 0 radical (unpaired) electrons. The standard InChI is InChI=1S/C28H32N2O5/c1-30(28(26(32)33)14-7-15-28)25(31)16-18-8-6-13-24(18)29-27(34)35-17-23-21-11-4-2-9-19(21)20-10-3-5-12-22(20)23/h2-5,9-12,18,23-24H,6-8,13-17H2,1H3,(H,29,34)(H,32,33). The molecule has 2 saturated carbocycles. The number of fused-ring (bicyclic) bond motifs is 3. The van der Waals surface area contributed by atoms with Gasteiger partial charge in [-0.05, 0) is 60.3 Å². The van der Waals surface area contributed by atoms with Crippen molar-refractivity contribution < 1.29 is 24.2 Å². The highest BCUT2D eigenvalue weighted by molar-refractivity contribution is 5.88. The van der Waals surface area contributed by atoms with Crippen molar-refractivity contribution in [1.82, 2.24) is 10.2 Å². The Kier molecular flexibility index (Phi) is 6.26. The van der Waals surface area contributed by atoms with Crippen molar-refractivity contribution in [2.24, 2.45) is 5.92 Å². The minimum Gasteiger partial charge on any atom is -0.479 e. The maximum Gasteiger partial charge on any atom is 0.407 e. The van der Waals surface area contributed by atoms with Gasteiger partial charge in [-0.2, -0.15) is 0 Å². The van der Waals surface area contributed by atoms with Crippen LogP contribution in [0, 0.1) is 5.92 Å². The Morgan fingerprint density at radius 2 is 1.63 bits per heavy atom. The van der Waals surface area contributed by atoms with E-state index >= 15 is 0 Å². The van der Waals surface area contributed by atoms with Crippen LogP contribution in [0.5, 0.6) is 0 Å². The second-order valence-electron chi connectivity index (χ2n) is 10.1. The molecule has 2 amide bonds. The predicted octanol–water partition coefficient (Wildman–Crippen LogP) is 4.55. The second-order valence-corrected chi connectivity index (χ2v) is 10.1. The van der Waals surface area contributed by atoms with Gasteiger partial charge in [-0.15, -0.1) is 0 Å². The van der Waals surface area contributed by atoms with Crippen LogP contribution in [0.4, 0.5) is 4.79 Å². The topological polar surface area (TPSA) is 95.9 Å². The van der Waals surface area contributed by atoms with E-state index in [2.05, 4.69) is 29.6 Å². The molecule has 3 aliphatic carbocycles. The molecule has 0 saturated heterocycles. The van der Waals surface area contributed by atoms with Gasteiger partial charge in [0.15, 0.2) is 0 Å². The highest BCUT2D eigenvalue weighted by Crippen LogP contribution is 2.44. The lowest BCUT2D eigenvalue weighted by Crippen LogP contribution is -2.60. The number of hydrogen-bond acceptors (Lipinski definition) is 4. The largest absolute Gasteiger partial charge is 0.479 e. The fourth-order valence-corrected chi connectivity index (χ4v) is 6.07. The number of nitrogens with one attached hydrogen (secondary N) is 1. The predicted molar refractivity (Wildman–Crippen MR) is 131 cm³/mol. The number of carboxylic acid groups (broad SMARTS) is 1. The summed E-state index contributed by atoms with van der Waals surface area (Å²) in [5, 5.41) is 12.6. The van der Waals surface area contributed by atoms with E-state index in [0.717, 1.165) is 36.8 Å². The normalized spacial score (nSPS) is 22.0. The van der Waals surface area contributed by atoms with E-state index in [9.17, 15) is 19.5 Å². The lowest BCUT2D eigenvalue weighted by atomic mass is 9.75. The number of likely N-dealkylation sites (N-methyl/N-ethyl adjacent to an activating group) is 1. The smallest absolute Gasteiger partial charge is 0.407 e. The van der Waals surface area contributed by atoms with Gasteiger partial charge in [0.1, 0.15) is 12.1 Å². The summed E-state index contributed by atoms with van der Waals surface area (Å²) in [5.41, 5.74) is 3.63. The first-order valence-corrected chi connectivity index (χ1v) is 12.5. The molecule has 7 heteroatoms. The molecule has 2 unspecified atom stereocenters. The molecule has 0 spiro atoms. The first-order valence-electron chi connectivity index (χ1n) is 12.5. The summed E-state index contributed by atoms with van der Waals surface area (Å²) < 4.78 is 5.69. The van der Waals surface area contributed by atoms with Crippen LogP contribution in [0.15, 0.2) is 48.5 Å². The van der Waals surface area contributed by atoms with Gasteiger partial charge in [0.2, 0.25) is 5.91 Å². The van der Waals surface area contributed by atoms with Crippen LogP contribution in [-0.2, 0) is 14.3 Å². The van der Waals surface area contributed by atoms with E-state index in [1.54, 1.807) is 7.05 Å². The highest BCUT2D eigenvalue weighted by Gasteiger charge is 2.50. The molecule has 0 bridgehead atoms. The molecule has 0 aromatic heterocycles. The molecular formula is C28H32N2O5. The van der Waals surface area contributed by atoms with E-state index in [1.807, 2.05) is 24.3 Å². The number of hydrogen-bond donors (Lipinski definition) is 2. The fraction of sp³-hybridized carbons (Fsp3) is 0.464. The molecule has 2 aromatic rings. The SMILES string of the molecule is CN(C(=O)CC1CCCC1NC(=O)OCC1c2ccccc2-c2ccccc21)C1(C(=O)O)CCC1. The average molecular weight is 477 g/mol. The summed E-state index contributed by atoms with van der Waals surface area (Å²) in [5.74, 6) is -1.12. The van der Waals surface area contributed by atoms with Crippen molar-refractivity contribution in [2.75, 3.05) is 13.7 Å². The zero-order valence-electron chi connectivity index (χ0n) is 20.0. The van der Waals surface area contributed by atoms with E-state index in [0.29, 0.717) is 12.8 Å². The van der Waals surface area contributed by atoms with Crippen molar-refractivity contribution in [3.05, 3.63) is 59.7 Å². The third-order valence-electron chi connectivity index (χ3n) is 8.34. The lowest BCUT2D eigenvalue weighted by molar-refractivity contribution is -0.164. The van der Waals surface area contributed by atoms with Gasteiger partial charge < -0.3 is 20.1 Å². The average Bonchev–Trinajstić information content (AvgIpc) is 3.38. The summed E-state index contributed by atoms with van der Waals surface area (Å²) in [7, 11) is 1.60. The van der Waals surface area contributed by atoms with Gasteiger partial charge in [-0.3, -0.25) is 4.79 Å². The van der Waals surface area contributed by atoms with Crippen LogP contribution in [-0.4, -0.2) is 53.2 Å². The van der Waals surface area contributed by atoms with Crippen molar-refractivity contribution in [3.63, 3.8) is 0 Å². The van der Waals surface area contributed by atoms with Gasteiger partial charge in [0, 0.05) is 25.4 Å². The number of benzene rings is 2. The summed E-state index contributed by atoms with van der Waals surface area (Å²) in [6.07, 6.45) is 4.11. The number of carbonyl (C=O) groups excluding carboxylic acids is 2. The zero-order chi connectivity index (χ0) is 24.6. The number of amides is 2. The third-order valence-corrected chi connectivity index (χ3v) is 8.34. The minimum absolute atomic E-state index is 0.00237. The molecule has 2 atom stereocenters. The maximum absolute atomic E-state index is 12.9. The Labute approximate surface area is 205 Å². The van der Waals surface area contributed by atoms with Gasteiger partial charge in [-0.25, -0.2) is 9.59 Å². The van der Waals surface area contributed by atoms with E-state index in [-0.39, 0.29) is 36.8 Å². The Morgan fingerprint density at radius 3 is 2.20 bits per heavy atom. The number of rotatable bonds is 7. The molecule has 35 heavy (non-hydrogen) atoms. The van der Waals surface area contributed by atoms with Gasteiger partial charge >= 0.3 is 12.1 Å². The summed E-state index contributed by atoms with van der Waals surface area (Å²) in [6, 6.07) is 16.3. The molecular weight excluding hydrogens is 444 g/mol. The van der Waals surface area contributed by atoms with Crippen LogP contribution in [0.1, 0.15) is 62.0 Å². The molecule has 0 aliphatic heterocycles. The number of nitrogens with zero attached hydrogens (tertiary/aromatic N) is 1. The molecule has 5 rings (SSSR count). The van der Waals surface area contributed by atoms with Crippen LogP contribution in [0.25, 0.3) is 11.1 Å². The number of carbonyl (C=O) groups is 3. The Bertz CT molecular complexity index is 1100. The van der Waals surface area contributed by atoms with Crippen molar-refractivity contribution in [1.29, 1.82) is 0 Å². The fourth-order valence-electron chi connectivity index (χ4n) is 6.07. The van der Waals surface area contributed by atoms with Crippen LogP contribution in [0.3, 0.4) is 0 Å². The van der Waals surface area contributed by atoms with Gasteiger partial charge in [0.25, 0.3) is 0 Å². The molecule has 184 valence electrons. The zero-order valence-corrected chi connectivity index (χ0v) is 20.0. The summed E-state index contributed by atoms with van der Waals surface area (Å²) in [6.45, 7) is 0.250. The Morgan fingerprint density at radius 1 is 1.00 bits per heavy atom. The first-order chi connectivity index (χ1) is 16.9. The Hall–Kier alpha value is -3.35. The quantitative estimate of drug-likeness (QED) is 0.611. The summed E-state index contributed by atoms with van der Waals surface area (Å²) in [4.78, 5) is 38.9. The van der Waals surface area contributed by atoms with Crippen molar-refractivity contribution >= 4 is 18.0 Å². The number of aliphatic carboxylic acids is 1. The lowest BCUT2D eigenvalue weighted by Gasteiger charge is -2.45. The number of carboxylic acids is 1. The summed E-state index contributed by atoms with van der Waals surface area (Å²) >= 11 is 0. The minimum atomic E-state index is -1.06. The molecule has 0 heterocycles. The van der Waals surface area contributed by atoms with Crippen molar-refractivity contribution in [2.45, 2.75) is 62.4 Å². The molecule has 2 fully saturated rings. The Balaban J connectivity index is 1.18. The molecule has 3 aliphatic rings. The molecule has 7 nitrogen and oxygen atoms in total. The number of alkyl carbamates (subject to hydrolysis) is 1. The van der Waals surface area contributed by atoms with Crippen LogP contribution in [0.2, 0.25) is 0 Å². The van der Waals surface area contributed by atoms with E-state index in [1.165, 1.54) is 16.0 Å². The number of ether oxygens (including phenoxy) is 1. The maximum atomic E-state index is 12.9. The molecule has 2 N–H and O–H groups in total. The van der Waals surface area contributed by atoms with Crippen LogP contribution >= 0.6 is 0 Å². The van der Waals surface area contributed by atoms with Gasteiger partial charge in [0.05, 0.1) is 0 Å². The highest BCUT2D eigenvalue weighted by atomic mass is 16.5. The van der Waals surface area contributed by atoms with Crippen molar-refractivity contribution in [3.8, 4) is 11.1 Å². The third kappa shape index (κ3) is 4.17. The second kappa shape index (κ2) is 9.36.